The maximum Gasteiger partial charge on any atom is 1.00 e. The molecule has 0 aliphatic rings. The minimum Gasteiger partial charge on any atom is -1.00 e. The Bertz CT molecular complexity index is 959. The minimum absolute atomic E-state index is 0. The van der Waals surface area contributed by atoms with E-state index in [2.05, 4.69) is 51.2 Å². The maximum atomic E-state index is 12.0. The van der Waals surface area contributed by atoms with Crippen LogP contribution in [0.15, 0.2) is 73.8 Å². The number of hydrogen-bond donors (Lipinski definition) is 0. The Hall–Kier alpha value is -1.92. The molecule has 0 unspecified atom stereocenters. The smallest absolute Gasteiger partial charge is 1.00 e. The van der Waals surface area contributed by atoms with Gasteiger partial charge in [-0.3, -0.25) is 4.79 Å². The fraction of sp³-hybridized carbons (Fsp3) is 0.433. The molecule has 0 spiro atoms. The number of ether oxygens (including phenoxy) is 2. The van der Waals surface area contributed by atoms with E-state index < -0.39 is 0 Å². The van der Waals surface area contributed by atoms with Gasteiger partial charge in [-0.05, 0) is 55.4 Å². The molecule has 0 saturated heterocycles. The molecule has 0 aliphatic heterocycles. The zero-order chi connectivity index (χ0) is 26.5. The van der Waals surface area contributed by atoms with Gasteiger partial charge in [0.1, 0.15) is 11.5 Å². The number of rotatable bonds is 11. The van der Waals surface area contributed by atoms with E-state index in [-0.39, 0.29) is 55.4 Å². The Labute approximate surface area is 249 Å². The molecule has 0 N–H and O–H groups in total. The molecule has 2 aromatic rings. The van der Waals surface area contributed by atoms with Gasteiger partial charge < -0.3 is 20.7 Å². The average Bonchev–Trinajstić information content (AvgIpc) is 2.84. The normalized spacial score (nSPS) is 13.2. The Morgan fingerprint density at radius 1 is 0.892 bits per heavy atom. The predicted octanol–water partition coefficient (Wildman–Crippen LogP) is 1.78. The van der Waals surface area contributed by atoms with Crippen molar-refractivity contribution in [1.29, 1.82) is 0 Å². The summed E-state index contributed by atoms with van der Waals surface area (Å²) in [5.74, 6) is 2.57. The summed E-state index contributed by atoms with van der Waals surface area (Å²) in [4.78, 5) is 15.8. The van der Waals surface area contributed by atoms with Crippen LogP contribution in [0.3, 0.4) is 0 Å². The quantitative estimate of drug-likeness (QED) is 0.336. The number of benzene rings is 2. The summed E-state index contributed by atoms with van der Waals surface area (Å²) < 4.78 is 10.5. The van der Waals surface area contributed by atoms with Gasteiger partial charge in [-0.15, -0.1) is 13.2 Å². The Kier molecular flexibility index (Phi) is 19.3. The second-order valence-corrected chi connectivity index (χ2v) is 9.34. The standard InChI is InChI=1S/C15H21NO2.C15H23NO.Al.Li.4H/c1-6-14(11(2)15(17)16(3)4)12-8-7-9-13(10-12)18-5;1-6-15(12(2)11-16(3)4)13-8-7-9-14(10-13)17-5;;;;;;/h6-11,14H,1H2,2-5H3;6-10,12,15H,1,11H2,2-5H3;;;;;;/q;;;+1;;;;-1/t11-,14-;12-,15+;;;;;;/m10....../s1. The molecule has 2 rings (SSSR count). The third-order valence-electron chi connectivity index (χ3n) is 6.10. The number of methoxy groups -OCH3 is 2. The van der Waals surface area contributed by atoms with Crippen molar-refractivity contribution in [2.75, 3.05) is 49.0 Å². The number of amides is 1. The van der Waals surface area contributed by atoms with Gasteiger partial charge in [-0.2, -0.15) is 0 Å². The summed E-state index contributed by atoms with van der Waals surface area (Å²) in [5.41, 5.74) is 2.32. The third-order valence-corrected chi connectivity index (χ3v) is 6.10. The van der Waals surface area contributed by atoms with Gasteiger partial charge in [0, 0.05) is 38.4 Å². The van der Waals surface area contributed by atoms with Crippen LogP contribution in [0.4, 0.5) is 0 Å². The first-order chi connectivity index (χ1) is 16.6. The number of allylic oxidation sites excluding steroid dienone is 2. The van der Waals surface area contributed by atoms with Crippen molar-refractivity contribution in [2.45, 2.75) is 25.7 Å². The van der Waals surface area contributed by atoms with Gasteiger partial charge in [0.2, 0.25) is 5.91 Å². The van der Waals surface area contributed by atoms with E-state index >= 15 is 0 Å². The van der Waals surface area contributed by atoms with Crippen molar-refractivity contribution in [1.82, 2.24) is 9.80 Å². The van der Waals surface area contributed by atoms with Crippen LogP contribution in [0.2, 0.25) is 0 Å². The number of nitrogens with zero attached hydrogens (tertiary/aromatic N) is 2. The molecule has 4 atom stereocenters. The molecule has 0 radical (unpaired) electrons. The van der Waals surface area contributed by atoms with Gasteiger partial charge in [-0.1, -0.05) is 50.3 Å². The second-order valence-electron chi connectivity index (χ2n) is 9.34. The van der Waals surface area contributed by atoms with E-state index in [0.717, 1.165) is 23.6 Å². The minimum atomic E-state index is -0.135. The third kappa shape index (κ3) is 12.0. The van der Waals surface area contributed by atoms with Gasteiger partial charge in [0.15, 0.2) is 17.4 Å². The van der Waals surface area contributed by atoms with E-state index in [1.54, 1.807) is 33.2 Å². The molecule has 5 nitrogen and oxygen atoms in total. The molecule has 0 saturated carbocycles. The van der Waals surface area contributed by atoms with Crippen LogP contribution in [0.25, 0.3) is 0 Å². The van der Waals surface area contributed by atoms with Crippen LogP contribution < -0.4 is 28.3 Å². The molecule has 37 heavy (non-hydrogen) atoms. The van der Waals surface area contributed by atoms with E-state index in [0.29, 0.717) is 11.8 Å². The fourth-order valence-corrected chi connectivity index (χ4v) is 4.27. The summed E-state index contributed by atoms with van der Waals surface area (Å²) >= 11 is 0. The maximum absolute atomic E-state index is 12.0. The van der Waals surface area contributed by atoms with E-state index in [1.807, 2.05) is 55.5 Å². The topological polar surface area (TPSA) is 42.0 Å². The van der Waals surface area contributed by atoms with Crippen molar-refractivity contribution >= 4 is 23.3 Å². The molecular formula is C30H48AlLiN2O3. The van der Waals surface area contributed by atoms with Crippen LogP contribution in [0, 0.1) is 11.8 Å². The van der Waals surface area contributed by atoms with Gasteiger partial charge in [0.25, 0.3) is 0 Å². The van der Waals surface area contributed by atoms with Gasteiger partial charge in [0.05, 0.1) is 14.2 Å². The summed E-state index contributed by atoms with van der Waals surface area (Å²) in [6.45, 7) is 13.0. The first-order valence-corrected chi connectivity index (χ1v) is 12.0. The molecule has 1 amide bonds. The molecule has 0 fully saturated rings. The first kappa shape index (κ1) is 37.2. The first-order valence-electron chi connectivity index (χ1n) is 12.0. The molecule has 0 heterocycles. The summed E-state index contributed by atoms with van der Waals surface area (Å²) in [5, 5.41) is 0. The van der Waals surface area contributed by atoms with Crippen molar-refractivity contribution in [3.05, 3.63) is 85.0 Å². The summed E-state index contributed by atoms with van der Waals surface area (Å²) in [7, 11) is 11.1. The van der Waals surface area contributed by atoms with Crippen molar-refractivity contribution in [2.24, 2.45) is 11.8 Å². The van der Waals surface area contributed by atoms with E-state index in [1.165, 1.54) is 5.56 Å². The van der Waals surface area contributed by atoms with Crippen molar-refractivity contribution in [3.63, 3.8) is 0 Å². The summed E-state index contributed by atoms with van der Waals surface area (Å²) in [6.07, 6.45) is 3.85. The van der Waals surface area contributed by atoms with Crippen molar-refractivity contribution in [3.8, 4) is 11.5 Å². The largest absolute Gasteiger partial charge is 1.00 e. The Morgan fingerprint density at radius 2 is 1.32 bits per heavy atom. The van der Waals surface area contributed by atoms with Gasteiger partial charge in [-0.25, -0.2) is 0 Å². The Morgan fingerprint density at radius 3 is 1.68 bits per heavy atom. The number of carbonyl (C=O) groups is 1. The predicted molar refractivity (Wildman–Crippen MR) is 158 cm³/mol. The second kappa shape index (κ2) is 19.2. The van der Waals surface area contributed by atoms with Crippen LogP contribution in [0.5, 0.6) is 11.5 Å². The van der Waals surface area contributed by atoms with E-state index in [9.17, 15) is 4.79 Å². The monoisotopic (exact) mass is 518 g/mol. The molecule has 0 aromatic heterocycles. The molecule has 0 bridgehead atoms. The molecule has 0 aliphatic carbocycles. The fourth-order valence-electron chi connectivity index (χ4n) is 4.27. The van der Waals surface area contributed by atoms with Gasteiger partial charge >= 0.3 is 18.9 Å². The van der Waals surface area contributed by atoms with Crippen LogP contribution in [-0.2, 0) is 4.79 Å². The molecule has 200 valence electrons. The summed E-state index contributed by atoms with van der Waals surface area (Å²) in [6, 6.07) is 16.0. The van der Waals surface area contributed by atoms with E-state index in [4.69, 9.17) is 9.47 Å². The molecule has 7 heteroatoms. The average molecular weight is 519 g/mol. The van der Waals surface area contributed by atoms with Crippen LogP contribution >= 0.6 is 0 Å². The van der Waals surface area contributed by atoms with Crippen LogP contribution in [0.1, 0.15) is 38.2 Å². The van der Waals surface area contributed by atoms with Crippen LogP contribution in [-0.4, -0.2) is 82.0 Å². The number of carbonyl (C=O) groups excluding carboxylic acids is 1. The van der Waals surface area contributed by atoms with Crippen molar-refractivity contribution < 1.29 is 34.6 Å². The zero-order valence-corrected chi connectivity index (χ0v) is 23.8. The number of hydrogen-bond acceptors (Lipinski definition) is 4. The Balaban J connectivity index is -0.000000598. The SMILES string of the molecule is C=C[C@@H](c1cccc(OC)c1)[C@@H](C)C(=O)N(C)C.C=C[C@@H](c1cccc(OC)c1)[C@@H](C)CN(C)C.[AlH3].[H-].[Li+]. The zero-order valence-electron chi connectivity index (χ0n) is 24.8. The molecular weight excluding hydrogens is 470 g/mol. The molecule has 2 aromatic carbocycles.